The molecule has 1 aliphatic carbocycles. The number of carbonyl (C=O) groups excluding carboxylic acids is 2. The lowest BCUT2D eigenvalue weighted by Gasteiger charge is -2.39. The van der Waals surface area contributed by atoms with Crippen LogP contribution in [0.25, 0.3) is 0 Å². The molecule has 0 amide bonds. The molecule has 6 nitrogen and oxygen atoms in total. The van der Waals surface area contributed by atoms with E-state index in [-0.39, 0.29) is 11.2 Å². The minimum atomic E-state index is -0.508. The summed E-state index contributed by atoms with van der Waals surface area (Å²) in [6, 6.07) is 5.60. The molecular formula is C24H31NO5. The second-order valence-corrected chi connectivity index (χ2v) is 8.68. The Morgan fingerprint density at radius 2 is 1.93 bits per heavy atom. The van der Waals surface area contributed by atoms with Crippen LogP contribution >= 0.6 is 0 Å². The van der Waals surface area contributed by atoms with E-state index in [1.165, 1.54) is 7.11 Å². The zero-order valence-corrected chi connectivity index (χ0v) is 18.7. The predicted octanol–water partition coefficient (Wildman–Crippen LogP) is 4.26. The van der Waals surface area contributed by atoms with Gasteiger partial charge in [0.25, 0.3) is 0 Å². The second-order valence-electron chi connectivity index (χ2n) is 8.68. The van der Waals surface area contributed by atoms with Crippen LogP contribution in [0.15, 0.2) is 40.7 Å². The molecule has 1 atom stereocenters. The molecule has 6 heteroatoms. The molecule has 1 aromatic rings. The van der Waals surface area contributed by atoms with Gasteiger partial charge in [-0.2, -0.15) is 0 Å². The maximum absolute atomic E-state index is 13.2. The van der Waals surface area contributed by atoms with Gasteiger partial charge in [0.15, 0.2) is 17.3 Å². The number of Topliss-reactive ketones (excluding diaryl/α,β-unsaturated/α-hetero) is 1. The highest BCUT2D eigenvalue weighted by atomic mass is 16.5. The molecule has 30 heavy (non-hydrogen) atoms. The Morgan fingerprint density at radius 1 is 1.20 bits per heavy atom. The molecule has 162 valence electrons. The fourth-order valence-corrected chi connectivity index (χ4v) is 4.34. The molecule has 1 aromatic carbocycles. The maximum atomic E-state index is 13.2. The summed E-state index contributed by atoms with van der Waals surface area (Å²) in [4.78, 5) is 25.9. The highest BCUT2D eigenvalue weighted by Crippen LogP contribution is 2.47. The minimum absolute atomic E-state index is 0.0536. The molecule has 0 radical (unpaired) electrons. The second kappa shape index (κ2) is 8.54. The first kappa shape index (κ1) is 21.9. The van der Waals surface area contributed by atoms with Crippen molar-refractivity contribution in [1.82, 2.24) is 5.32 Å². The molecule has 0 bridgehead atoms. The summed E-state index contributed by atoms with van der Waals surface area (Å²) in [6.45, 7) is 8.64. The number of methoxy groups -OCH3 is 2. The summed E-state index contributed by atoms with van der Waals surface area (Å²) in [7, 11) is 2.94. The van der Waals surface area contributed by atoms with Crippen molar-refractivity contribution < 1.29 is 23.8 Å². The Kier molecular flexibility index (Phi) is 6.25. The van der Waals surface area contributed by atoms with Crippen LogP contribution in [0, 0.1) is 5.41 Å². The number of dihydropyridines is 1. The van der Waals surface area contributed by atoms with Gasteiger partial charge in [-0.1, -0.05) is 26.8 Å². The Labute approximate surface area is 178 Å². The molecule has 0 aromatic heterocycles. The van der Waals surface area contributed by atoms with Gasteiger partial charge < -0.3 is 19.5 Å². The van der Waals surface area contributed by atoms with Gasteiger partial charge >= 0.3 is 5.97 Å². The number of ether oxygens (including phenoxy) is 3. The number of ketones is 1. The quantitative estimate of drug-likeness (QED) is 0.703. The van der Waals surface area contributed by atoms with Crippen molar-refractivity contribution >= 4 is 11.8 Å². The average Bonchev–Trinajstić information content (AvgIpc) is 2.69. The molecule has 1 aliphatic heterocycles. The van der Waals surface area contributed by atoms with Crippen LogP contribution in [0.3, 0.4) is 0 Å². The minimum Gasteiger partial charge on any atom is -0.493 e. The topological polar surface area (TPSA) is 73.9 Å². The number of allylic oxidation sites excluding steroid dienone is 3. The van der Waals surface area contributed by atoms with Crippen molar-refractivity contribution in [2.24, 2.45) is 5.41 Å². The monoisotopic (exact) mass is 413 g/mol. The van der Waals surface area contributed by atoms with Crippen LogP contribution in [0.4, 0.5) is 0 Å². The lowest BCUT2D eigenvalue weighted by atomic mass is 9.68. The summed E-state index contributed by atoms with van der Waals surface area (Å²) in [5, 5.41) is 3.32. The summed E-state index contributed by atoms with van der Waals surface area (Å²) in [6.07, 6.45) is 2.06. The number of nitrogens with one attached hydrogen (secondary N) is 1. The number of hydrogen-bond donors (Lipinski definition) is 1. The van der Waals surface area contributed by atoms with Crippen molar-refractivity contribution in [2.75, 3.05) is 20.8 Å². The van der Waals surface area contributed by atoms with E-state index in [1.54, 1.807) is 7.11 Å². The largest absolute Gasteiger partial charge is 0.493 e. The van der Waals surface area contributed by atoms with Crippen molar-refractivity contribution in [3.8, 4) is 11.5 Å². The summed E-state index contributed by atoms with van der Waals surface area (Å²) >= 11 is 0. The molecule has 3 rings (SSSR count). The zero-order chi connectivity index (χ0) is 22.1. The van der Waals surface area contributed by atoms with Crippen LogP contribution < -0.4 is 14.8 Å². The Bertz CT molecular complexity index is 926. The highest BCUT2D eigenvalue weighted by molar-refractivity contribution is 6.04. The molecule has 0 fully saturated rings. The van der Waals surface area contributed by atoms with Gasteiger partial charge in [-0.25, -0.2) is 4.79 Å². The molecule has 0 saturated carbocycles. The van der Waals surface area contributed by atoms with Gasteiger partial charge in [-0.05, 0) is 42.9 Å². The van der Waals surface area contributed by atoms with Crippen LogP contribution in [0.1, 0.15) is 58.4 Å². The zero-order valence-electron chi connectivity index (χ0n) is 18.7. The lowest BCUT2D eigenvalue weighted by Crippen LogP contribution is -2.38. The Morgan fingerprint density at radius 3 is 2.57 bits per heavy atom. The van der Waals surface area contributed by atoms with Gasteiger partial charge in [-0.3, -0.25) is 4.79 Å². The van der Waals surface area contributed by atoms with Crippen LogP contribution in [-0.4, -0.2) is 32.6 Å². The molecule has 2 aliphatic rings. The number of hydrogen-bond acceptors (Lipinski definition) is 6. The Balaban J connectivity index is 2.16. The van der Waals surface area contributed by atoms with E-state index in [0.717, 1.165) is 24.1 Å². The van der Waals surface area contributed by atoms with Gasteiger partial charge in [0.2, 0.25) is 0 Å². The average molecular weight is 414 g/mol. The molecular weight excluding hydrogens is 382 g/mol. The maximum Gasteiger partial charge on any atom is 0.336 e. The predicted molar refractivity (Wildman–Crippen MR) is 114 cm³/mol. The van der Waals surface area contributed by atoms with Crippen molar-refractivity contribution in [3.05, 3.63) is 46.3 Å². The third-order valence-electron chi connectivity index (χ3n) is 5.63. The van der Waals surface area contributed by atoms with E-state index in [9.17, 15) is 9.59 Å². The van der Waals surface area contributed by atoms with Gasteiger partial charge in [0.1, 0.15) is 0 Å². The SMILES string of the molecule is CCCOc1ccc(C2C(C(=O)OC)=C(C)NC3=C2C(=O)CC(C)(C)C3)cc1OC. The van der Waals surface area contributed by atoms with Crippen molar-refractivity contribution in [3.63, 3.8) is 0 Å². The van der Waals surface area contributed by atoms with E-state index in [0.29, 0.717) is 41.4 Å². The van der Waals surface area contributed by atoms with Gasteiger partial charge in [-0.15, -0.1) is 0 Å². The van der Waals surface area contributed by atoms with Crippen molar-refractivity contribution in [2.45, 2.75) is 52.9 Å². The van der Waals surface area contributed by atoms with Crippen LogP contribution in [0.5, 0.6) is 11.5 Å². The van der Waals surface area contributed by atoms with E-state index in [4.69, 9.17) is 14.2 Å². The normalized spacial score (nSPS) is 20.5. The Hall–Kier alpha value is -2.76. The number of benzene rings is 1. The van der Waals surface area contributed by atoms with E-state index in [1.807, 2.05) is 32.0 Å². The standard InChI is InChI=1S/C24H31NO5/c1-7-10-30-18-9-8-15(11-19(18)28-5)21-20(23(27)29-6)14(2)25-16-12-24(3,4)13-17(26)22(16)21/h8-9,11,21,25H,7,10,12-13H2,1-6H3. The van der Waals surface area contributed by atoms with Crippen molar-refractivity contribution in [1.29, 1.82) is 0 Å². The molecule has 1 unspecified atom stereocenters. The number of esters is 1. The van der Waals surface area contributed by atoms with Crippen LogP contribution in [0.2, 0.25) is 0 Å². The first-order chi connectivity index (χ1) is 14.2. The third kappa shape index (κ3) is 4.09. The molecule has 0 spiro atoms. The van der Waals surface area contributed by atoms with E-state index < -0.39 is 11.9 Å². The van der Waals surface area contributed by atoms with Crippen LogP contribution in [-0.2, 0) is 14.3 Å². The summed E-state index contributed by atoms with van der Waals surface area (Å²) in [5.74, 6) is 0.318. The first-order valence-electron chi connectivity index (χ1n) is 10.4. The molecule has 1 heterocycles. The van der Waals surface area contributed by atoms with Gasteiger partial charge in [0, 0.05) is 29.3 Å². The molecule has 0 saturated heterocycles. The summed E-state index contributed by atoms with van der Waals surface area (Å²) < 4.78 is 16.4. The fraction of sp³-hybridized carbons (Fsp3) is 0.500. The fourth-order valence-electron chi connectivity index (χ4n) is 4.34. The lowest BCUT2D eigenvalue weighted by molar-refractivity contribution is -0.136. The van der Waals surface area contributed by atoms with E-state index in [2.05, 4.69) is 19.2 Å². The number of carbonyl (C=O) groups is 2. The first-order valence-corrected chi connectivity index (χ1v) is 10.4. The van der Waals surface area contributed by atoms with Gasteiger partial charge in [0.05, 0.1) is 26.4 Å². The summed E-state index contributed by atoms with van der Waals surface area (Å²) in [5.41, 5.74) is 3.36. The third-order valence-corrected chi connectivity index (χ3v) is 5.63. The highest BCUT2D eigenvalue weighted by Gasteiger charge is 2.43. The molecule has 1 N–H and O–H groups in total. The smallest absolute Gasteiger partial charge is 0.336 e. The number of rotatable bonds is 6. The van der Waals surface area contributed by atoms with E-state index >= 15 is 0 Å².